The van der Waals surface area contributed by atoms with E-state index in [-0.39, 0.29) is 11.9 Å². The Hall–Kier alpha value is -2.48. The Morgan fingerprint density at radius 3 is 2.43 bits per heavy atom. The summed E-state index contributed by atoms with van der Waals surface area (Å²) < 4.78 is 2.87. The molecule has 0 bridgehead atoms. The standard InChI is InChI=1S/C23H26BrN5O/c1-27-13-15-28(16-14-27)22(19-5-3-2-4-6-19)23(30)26-21-11-12-25-29(21)17-18-7-9-20(24)10-8-18/h2-12,22H,13-17H2,1H3,(H,26,30). The fraction of sp³-hybridized carbons (Fsp3) is 0.304. The third-order valence-electron chi connectivity index (χ3n) is 5.48. The quantitative estimate of drug-likeness (QED) is 0.601. The first-order chi connectivity index (χ1) is 14.6. The van der Waals surface area contributed by atoms with Gasteiger partial charge in [0.2, 0.25) is 5.91 Å². The first-order valence-electron chi connectivity index (χ1n) is 10.1. The summed E-state index contributed by atoms with van der Waals surface area (Å²) in [6.07, 6.45) is 1.72. The highest BCUT2D eigenvalue weighted by atomic mass is 79.9. The van der Waals surface area contributed by atoms with Crippen molar-refractivity contribution in [2.75, 3.05) is 38.5 Å². The minimum atomic E-state index is -0.323. The van der Waals surface area contributed by atoms with Crippen LogP contribution in [0.4, 0.5) is 5.82 Å². The number of hydrogen-bond donors (Lipinski definition) is 1. The van der Waals surface area contributed by atoms with E-state index in [4.69, 9.17) is 0 Å². The number of amides is 1. The lowest BCUT2D eigenvalue weighted by Gasteiger charge is -2.37. The van der Waals surface area contributed by atoms with Gasteiger partial charge in [0.15, 0.2) is 0 Å². The van der Waals surface area contributed by atoms with E-state index < -0.39 is 0 Å². The molecule has 1 atom stereocenters. The summed E-state index contributed by atoms with van der Waals surface area (Å²) in [4.78, 5) is 18.0. The number of carbonyl (C=O) groups excluding carboxylic acids is 1. The van der Waals surface area contributed by atoms with Crippen LogP contribution in [0.3, 0.4) is 0 Å². The second-order valence-corrected chi connectivity index (χ2v) is 8.56. The van der Waals surface area contributed by atoms with Gasteiger partial charge in [-0.25, -0.2) is 4.68 Å². The predicted molar refractivity (Wildman–Crippen MR) is 122 cm³/mol. The van der Waals surface area contributed by atoms with Crippen molar-refractivity contribution < 1.29 is 4.79 Å². The number of aromatic nitrogens is 2. The highest BCUT2D eigenvalue weighted by molar-refractivity contribution is 9.10. The molecule has 1 N–H and O–H groups in total. The van der Waals surface area contributed by atoms with E-state index in [1.54, 1.807) is 6.20 Å². The van der Waals surface area contributed by atoms with E-state index in [2.05, 4.69) is 43.2 Å². The number of nitrogens with zero attached hydrogens (tertiary/aromatic N) is 4. The first-order valence-corrected chi connectivity index (χ1v) is 10.9. The van der Waals surface area contributed by atoms with Gasteiger partial charge < -0.3 is 10.2 Å². The Kier molecular flexibility index (Phi) is 6.62. The van der Waals surface area contributed by atoms with Gasteiger partial charge in [0.05, 0.1) is 12.7 Å². The molecular formula is C23H26BrN5O. The number of halogens is 1. The van der Waals surface area contributed by atoms with Crippen molar-refractivity contribution >= 4 is 27.7 Å². The number of hydrogen-bond acceptors (Lipinski definition) is 4. The zero-order chi connectivity index (χ0) is 20.9. The molecule has 0 radical (unpaired) electrons. The van der Waals surface area contributed by atoms with Crippen molar-refractivity contribution in [3.05, 3.63) is 82.5 Å². The molecule has 1 aliphatic heterocycles. The fourth-order valence-corrected chi connectivity index (χ4v) is 4.03. The Balaban J connectivity index is 1.53. The Morgan fingerprint density at radius 2 is 1.73 bits per heavy atom. The maximum atomic E-state index is 13.4. The van der Waals surface area contributed by atoms with Gasteiger partial charge in [-0.15, -0.1) is 0 Å². The minimum absolute atomic E-state index is 0.0247. The summed E-state index contributed by atoms with van der Waals surface area (Å²) >= 11 is 3.46. The van der Waals surface area contributed by atoms with E-state index in [0.29, 0.717) is 12.4 Å². The van der Waals surface area contributed by atoms with Crippen LogP contribution < -0.4 is 5.32 Å². The van der Waals surface area contributed by atoms with Crippen LogP contribution in [0.2, 0.25) is 0 Å². The first kappa shape index (κ1) is 20.8. The van der Waals surface area contributed by atoms with Crippen molar-refractivity contribution in [1.29, 1.82) is 0 Å². The molecule has 2 aromatic carbocycles. The monoisotopic (exact) mass is 467 g/mol. The molecule has 0 spiro atoms. The molecule has 1 aliphatic rings. The summed E-state index contributed by atoms with van der Waals surface area (Å²) in [5.74, 6) is 0.682. The summed E-state index contributed by atoms with van der Waals surface area (Å²) in [7, 11) is 2.12. The molecule has 1 amide bonds. The number of carbonyl (C=O) groups is 1. The molecule has 0 saturated carbocycles. The van der Waals surface area contributed by atoms with Crippen molar-refractivity contribution in [3.63, 3.8) is 0 Å². The summed E-state index contributed by atoms with van der Waals surface area (Å²) in [5.41, 5.74) is 2.13. The van der Waals surface area contributed by atoms with Crippen LogP contribution in [0.25, 0.3) is 0 Å². The van der Waals surface area contributed by atoms with Gasteiger partial charge in [-0.05, 0) is 30.3 Å². The Labute approximate surface area is 185 Å². The second-order valence-electron chi connectivity index (χ2n) is 7.64. The van der Waals surface area contributed by atoms with Crippen LogP contribution in [0, 0.1) is 0 Å². The maximum Gasteiger partial charge on any atom is 0.247 e. The average Bonchev–Trinajstić information content (AvgIpc) is 3.18. The van der Waals surface area contributed by atoms with Gasteiger partial charge in [-0.3, -0.25) is 9.69 Å². The number of likely N-dealkylation sites (N-methyl/N-ethyl adjacent to an activating group) is 1. The molecule has 1 saturated heterocycles. The molecular weight excluding hydrogens is 442 g/mol. The van der Waals surface area contributed by atoms with E-state index in [9.17, 15) is 4.79 Å². The van der Waals surface area contributed by atoms with E-state index in [1.165, 1.54) is 0 Å². The second kappa shape index (κ2) is 9.55. The molecule has 2 heterocycles. The summed E-state index contributed by atoms with van der Waals surface area (Å²) in [5, 5.41) is 7.54. The molecule has 6 nitrogen and oxygen atoms in total. The largest absolute Gasteiger partial charge is 0.309 e. The summed E-state index contributed by atoms with van der Waals surface area (Å²) in [6, 6.07) is 19.7. The third kappa shape index (κ3) is 4.98. The van der Waals surface area contributed by atoms with Crippen molar-refractivity contribution in [2.24, 2.45) is 0 Å². The number of rotatable bonds is 6. The minimum Gasteiger partial charge on any atom is -0.309 e. The SMILES string of the molecule is CN1CCN(C(C(=O)Nc2ccnn2Cc2ccc(Br)cc2)c2ccccc2)CC1. The van der Waals surface area contributed by atoms with Crippen molar-refractivity contribution in [3.8, 4) is 0 Å². The molecule has 1 unspecified atom stereocenters. The Morgan fingerprint density at radius 1 is 1.03 bits per heavy atom. The van der Waals surface area contributed by atoms with E-state index >= 15 is 0 Å². The number of benzene rings is 2. The van der Waals surface area contributed by atoms with Gasteiger partial charge in [-0.1, -0.05) is 58.4 Å². The highest BCUT2D eigenvalue weighted by Crippen LogP contribution is 2.24. The van der Waals surface area contributed by atoms with Gasteiger partial charge in [0.25, 0.3) is 0 Å². The van der Waals surface area contributed by atoms with Gasteiger partial charge >= 0.3 is 0 Å². The van der Waals surface area contributed by atoms with Crippen molar-refractivity contribution in [1.82, 2.24) is 19.6 Å². The average molecular weight is 468 g/mol. The summed E-state index contributed by atoms with van der Waals surface area (Å²) in [6.45, 7) is 4.24. The molecule has 7 heteroatoms. The normalized spacial score (nSPS) is 16.3. The van der Waals surface area contributed by atoms with Crippen LogP contribution in [-0.2, 0) is 11.3 Å². The van der Waals surface area contributed by atoms with Crippen LogP contribution in [-0.4, -0.2) is 58.7 Å². The van der Waals surface area contributed by atoms with Crippen LogP contribution in [0.1, 0.15) is 17.2 Å². The smallest absolute Gasteiger partial charge is 0.247 e. The maximum absolute atomic E-state index is 13.4. The highest BCUT2D eigenvalue weighted by Gasteiger charge is 2.30. The fourth-order valence-electron chi connectivity index (χ4n) is 3.77. The van der Waals surface area contributed by atoms with E-state index in [1.807, 2.05) is 65.3 Å². The van der Waals surface area contributed by atoms with Crippen LogP contribution in [0.15, 0.2) is 71.3 Å². The van der Waals surface area contributed by atoms with Crippen molar-refractivity contribution in [2.45, 2.75) is 12.6 Å². The molecule has 0 aliphatic carbocycles. The molecule has 3 aromatic rings. The third-order valence-corrected chi connectivity index (χ3v) is 6.01. The van der Waals surface area contributed by atoms with Crippen LogP contribution in [0.5, 0.6) is 0 Å². The van der Waals surface area contributed by atoms with Gasteiger partial charge in [0.1, 0.15) is 11.9 Å². The molecule has 156 valence electrons. The number of anilines is 1. The molecule has 4 rings (SSSR count). The number of piperazine rings is 1. The molecule has 1 aromatic heterocycles. The lowest BCUT2D eigenvalue weighted by Crippen LogP contribution is -2.48. The zero-order valence-corrected chi connectivity index (χ0v) is 18.6. The van der Waals surface area contributed by atoms with Gasteiger partial charge in [0, 0.05) is 36.7 Å². The zero-order valence-electron chi connectivity index (χ0n) is 17.0. The lowest BCUT2D eigenvalue weighted by molar-refractivity contribution is -0.122. The number of nitrogens with one attached hydrogen (secondary N) is 1. The van der Waals surface area contributed by atoms with Crippen LogP contribution >= 0.6 is 15.9 Å². The van der Waals surface area contributed by atoms with Gasteiger partial charge in [-0.2, -0.15) is 5.10 Å². The predicted octanol–water partition coefficient (Wildman–Crippen LogP) is 3.62. The lowest BCUT2D eigenvalue weighted by atomic mass is 10.0. The molecule has 1 fully saturated rings. The van der Waals surface area contributed by atoms with E-state index in [0.717, 1.165) is 41.8 Å². The Bertz CT molecular complexity index is 965. The molecule has 30 heavy (non-hydrogen) atoms. The topological polar surface area (TPSA) is 53.4 Å².